The second-order valence-corrected chi connectivity index (χ2v) is 7.63. The van der Waals surface area contributed by atoms with Gasteiger partial charge in [-0.3, -0.25) is 4.79 Å². The molecule has 1 saturated heterocycles. The van der Waals surface area contributed by atoms with Crippen LogP contribution in [0.4, 0.5) is 13.2 Å². The van der Waals surface area contributed by atoms with Crippen LogP contribution >= 0.6 is 11.3 Å². The summed E-state index contributed by atoms with van der Waals surface area (Å²) < 4.78 is 37.9. The number of benzene rings is 1. The van der Waals surface area contributed by atoms with Gasteiger partial charge in [0.25, 0.3) is 5.91 Å². The first-order chi connectivity index (χ1) is 11.7. The van der Waals surface area contributed by atoms with Crippen molar-refractivity contribution in [3.8, 4) is 10.6 Å². The van der Waals surface area contributed by atoms with Crippen LogP contribution in [0.5, 0.6) is 0 Å². The molecule has 2 unspecified atom stereocenters. The van der Waals surface area contributed by atoms with E-state index in [0.29, 0.717) is 28.1 Å². The highest BCUT2D eigenvalue weighted by molar-refractivity contribution is 7.13. The summed E-state index contributed by atoms with van der Waals surface area (Å²) >= 11 is 1.27. The van der Waals surface area contributed by atoms with Crippen molar-refractivity contribution in [3.63, 3.8) is 0 Å². The van der Waals surface area contributed by atoms with Gasteiger partial charge >= 0.3 is 6.18 Å². The second kappa shape index (κ2) is 6.78. The normalized spacial score (nSPS) is 21.4. The Hall–Kier alpha value is -1.89. The van der Waals surface area contributed by atoms with E-state index in [-0.39, 0.29) is 5.91 Å². The minimum atomic E-state index is -4.36. The number of amides is 1. The van der Waals surface area contributed by atoms with Gasteiger partial charge in [-0.05, 0) is 30.4 Å². The highest BCUT2D eigenvalue weighted by Crippen LogP contribution is 2.32. The minimum Gasteiger partial charge on any atom is -0.337 e. The van der Waals surface area contributed by atoms with Crippen molar-refractivity contribution in [2.24, 2.45) is 11.8 Å². The van der Waals surface area contributed by atoms with Gasteiger partial charge in [-0.1, -0.05) is 26.0 Å². The fourth-order valence-electron chi connectivity index (χ4n) is 3.30. The molecule has 3 rings (SSSR count). The van der Waals surface area contributed by atoms with Crippen molar-refractivity contribution in [2.45, 2.75) is 26.4 Å². The number of nitrogens with zero attached hydrogens (tertiary/aromatic N) is 2. The predicted molar refractivity (Wildman–Crippen MR) is 91.4 cm³/mol. The van der Waals surface area contributed by atoms with E-state index in [2.05, 4.69) is 18.8 Å². The zero-order valence-corrected chi connectivity index (χ0v) is 14.8. The van der Waals surface area contributed by atoms with Crippen LogP contribution in [0.3, 0.4) is 0 Å². The van der Waals surface area contributed by atoms with E-state index in [9.17, 15) is 18.0 Å². The number of likely N-dealkylation sites (tertiary alicyclic amines) is 1. The lowest BCUT2D eigenvalue weighted by molar-refractivity contribution is -0.137. The van der Waals surface area contributed by atoms with Crippen LogP contribution in [0.25, 0.3) is 10.6 Å². The third kappa shape index (κ3) is 4.03. The summed E-state index contributed by atoms with van der Waals surface area (Å²) in [5, 5.41) is 2.23. The number of alkyl halides is 3. The maximum absolute atomic E-state index is 12.6. The first kappa shape index (κ1) is 17.9. The SMILES string of the molecule is CC1CC(C)CN(C(=O)c2csc(-c3ccc(C(F)(F)F)cc3)n2)C1. The van der Waals surface area contributed by atoms with Crippen molar-refractivity contribution in [1.29, 1.82) is 0 Å². The van der Waals surface area contributed by atoms with Gasteiger partial charge in [0.1, 0.15) is 10.7 Å². The maximum atomic E-state index is 12.6. The number of piperidine rings is 1. The summed E-state index contributed by atoms with van der Waals surface area (Å²) in [5.41, 5.74) is 0.249. The topological polar surface area (TPSA) is 33.2 Å². The predicted octanol–water partition coefficient (Wildman–Crippen LogP) is 4.95. The Balaban J connectivity index is 1.77. The van der Waals surface area contributed by atoms with Crippen LogP contribution in [0, 0.1) is 11.8 Å². The average Bonchev–Trinajstić information content (AvgIpc) is 3.02. The van der Waals surface area contributed by atoms with Crippen LogP contribution in [-0.4, -0.2) is 28.9 Å². The lowest BCUT2D eigenvalue weighted by atomic mass is 9.92. The molecule has 0 spiro atoms. The molecule has 0 radical (unpaired) electrons. The Morgan fingerprint density at radius 1 is 1.16 bits per heavy atom. The summed E-state index contributed by atoms with van der Waals surface area (Å²) in [6, 6.07) is 4.85. The summed E-state index contributed by atoms with van der Waals surface area (Å²) in [4.78, 5) is 18.8. The molecule has 1 aromatic carbocycles. The molecule has 0 aliphatic carbocycles. The van der Waals surface area contributed by atoms with E-state index in [1.807, 2.05) is 4.90 Å². The third-order valence-electron chi connectivity index (χ3n) is 4.34. The largest absolute Gasteiger partial charge is 0.416 e. The number of hydrogen-bond acceptors (Lipinski definition) is 3. The lowest BCUT2D eigenvalue weighted by Crippen LogP contribution is -2.42. The highest BCUT2D eigenvalue weighted by atomic mass is 32.1. The molecular formula is C18H19F3N2OS. The molecular weight excluding hydrogens is 349 g/mol. The highest BCUT2D eigenvalue weighted by Gasteiger charge is 2.30. The number of carbonyl (C=O) groups is 1. The van der Waals surface area contributed by atoms with Crippen LogP contribution in [0.2, 0.25) is 0 Å². The molecule has 2 heterocycles. The molecule has 1 amide bonds. The number of carbonyl (C=O) groups excluding carboxylic acids is 1. The van der Waals surface area contributed by atoms with Gasteiger partial charge in [0, 0.05) is 24.0 Å². The molecule has 1 aliphatic heterocycles. The van der Waals surface area contributed by atoms with Crippen LogP contribution in [0.1, 0.15) is 36.3 Å². The molecule has 0 saturated carbocycles. The van der Waals surface area contributed by atoms with Gasteiger partial charge in [-0.25, -0.2) is 4.98 Å². The van der Waals surface area contributed by atoms with Crippen LogP contribution in [0.15, 0.2) is 29.6 Å². The van der Waals surface area contributed by atoms with E-state index in [1.54, 1.807) is 5.38 Å². The number of aromatic nitrogens is 1. The molecule has 2 atom stereocenters. The second-order valence-electron chi connectivity index (χ2n) is 6.77. The summed E-state index contributed by atoms with van der Waals surface area (Å²) in [6.07, 6.45) is -3.25. The average molecular weight is 368 g/mol. The smallest absolute Gasteiger partial charge is 0.337 e. The Bertz CT molecular complexity index is 744. The van der Waals surface area contributed by atoms with Gasteiger partial charge in [0.15, 0.2) is 0 Å². The minimum absolute atomic E-state index is 0.104. The zero-order chi connectivity index (χ0) is 18.2. The van der Waals surface area contributed by atoms with Gasteiger partial charge in [-0.2, -0.15) is 13.2 Å². The molecule has 0 N–H and O–H groups in total. The van der Waals surface area contributed by atoms with Crippen molar-refractivity contribution < 1.29 is 18.0 Å². The fraction of sp³-hybridized carbons (Fsp3) is 0.444. The van der Waals surface area contributed by atoms with E-state index < -0.39 is 11.7 Å². The molecule has 3 nitrogen and oxygen atoms in total. The van der Waals surface area contributed by atoms with Crippen LogP contribution in [-0.2, 0) is 6.18 Å². The molecule has 1 fully saturated rings. The number of thiazole rings is 1. The van der Waals surface area contributed by atoms with Gasteiger partial charge in [0.05, 0.1) is 5.56 Å². The number of hydrogen-bond donors (Lipinski definition) is 0. The summed E-state index contributed by atoms with van der Waals surface area (Å²) in [6.45, 7) is 5.70. The van der Waals surface area contributed by atoms with E-state index >= 15 is 0 Å². The van der Waals surface area contributed by atoms with Gasteiger partial charge in [0.2, 0.25) is 0 Å². The van der Waals surface area contributed by atoms with Crippen molar-refractivity contribution in [2.75, 3.05) is 13.1 Å². The van der Waals surface area contributed by atoms with E-state index in [4.69, 9.17) is 0 Å². The molecule has 134 valence electrons. The third-order valence-corrected chi connectivity index (χ3v) is 5.23. The Morgan fingerprint density at radius 3 is 2.32 bits per heavy atom. The summed E-state index contributed by atoms with van der Waals surface area (Å²) in [5.74, 6) is 0.814. The molecule has 2 aromatic rings. The molecule has 1 aliphatic rings. The quantitative estimate of drug-likeness (QED) is 0.752. The van der Waals surface area contributed by atoms with Crippen molar-refractivity contribution in [1.82, 2.24) is 9.88 Å². The first-order valence-corrected chi connectivity index (χ1v) is 9.04. The number of halogens is 3. The molecule has 7 heteroatoms. The van der Waals surface area contributed by atoms with Crippen molar-refractivity contribution in [3.05, 3.63) is 40.9 Å². The van der Waals surface area contributed by atoms with Crippen LogP contribution < -0.4 is 0 Å². The number of rotatable bonds is 2. The monoisotopic (exact) mass is 368 g/mol. The fourth-order valence-corrected chi connectivity index (χ4v) is 4.10. The van der Waals surface area contributed by atoms with Crippen molar-refractivity contribution >= 4 is 17.2 Å². The van der Waals surface area contributed by atoms with Gasteiger partial charge < -0.3 is 4.90 Å². The molecule has 1 aromatic heterocycles. The van der Waals surface area contributed by atoms with Gasteiger partial charge in [-0.15, -0.1) is 11.3 Å². The Labute approximate surface area is 148 Å². The first-order valence-electron chi connectivity index (χ1n) is 8.16. The Kier molecular flexibility index (Phi) is 4.86. The summed E-state index contributed by atoms with van der Waals surface area (Å²) in [7, 11) is 0. The standard InChI is InChI=1S/C18H19F3N2OS/c1-11-7-12(2)9-23(8-11)17(24)15-10-25-16(22-15)13-3-5-14(6-4-13)18(19,20)21/h3-6,10-12H,7-9H2,1-2H3. The van der Waals surface area contributed by atoms with E-state index in [0.717, 1.165) is 31.6 Å². The molecule has 25 heavy (non-hydrogen) atoms. The maximum Gasteiger partial charge on any atom is 0.416 e. The zero-order valence-electron chi connectivity index (χ0n) is 14.0. The van der Waals surface area contributed by atoms with E-state index in [1.165, 1.54) is 23.5 Å². The Morgan fingerprint density at radius 2 is 1.76 bits per heavy atom. The lowest BCUT2D eigenvalue weighted by Gasteiger charge is -2.34. The molecule has 0 bridgehead atoms.